The highest BCUT2D eigenvalue weighted by atomic mass is 16.6. The molecule has 1 aliphatic rings. The molecule has 2 heteroatoms. The van der Waals surface area contributed by atoms with Gasteiger partial charge in [-0.1, -0.05) is 0 Å². The van der Waals surface area contributed by atoms with Crippen molar-refractivity contribution in [2.75, 3.05) is 6.61 Å². The number of rotatable bonds is 2. The first-order valence-electron chi connectivity index (χ1n) is 3.01. The monoisotopic (exact) mass is 126 g/mol. The lowest BCUT2D eigenvalue weighted by molar-refractivity contribution is -0.113. The third-order valence-corrected chi connectivity index (χ3v) is 1.35. The van der Waals surface area contributed by atoms with Crippen LogP contribution in [-0.2, 0) is 9.53 Å². The summed E-state index contributed by atoms with van der Waals surface area (Å²) in [5.74, 6) is 0.130. The lowest BCUT2D eigenvalue weighted by Crippen LogP contribution is -1.92. The lowest BCUT2D eigenvalue weighted by Gasteiger charge is -1.88. The molecule has 1 rings (SSSR count). The van der Waals surface area contributed by atoms with Crippen LogP contribution in [0.1, 0.15) is 13.8 Å². The largest absolute Gasteiger partial charge is 0.369 e. The minimum Gasteiger partial charge on any atom is -0.369 e. The van der Waals surface area contributed by atoms with Crippen molar-refractivity contribution in [1.82, 2.24) is 0 Å². The van der Waals surface area contributed by atoms with Crippen LogP contribution in [0.25, 0.3) is 0 Å². The van der Waals surface area contributed by atoms with Gasteiger partial charge in [0, 0.05) is 0 Å². The number of ketones is 1. The molecule has 50 valence electrons. The molecule has 0 radical (unpaired) electrons. The molecule has 9 heavy (non-hydrogen) atoms. The molecular weight excluding hydrogens is 116 g/mol. The number of carbonyl (C=O) groups excluding carboxylic acids is 1. The average molecular weight is 126 g/mol. The normalized spacial score (nSPS) is 26.0. The highest BCUT2D eigenvalue weighted by Gasteiger charge is 2.19. The highest BCUT2D eigenvalue weighted by Crippen LogP contribution is 2.12. The summed E-state index contributed by atoms with van der Waals surface area (Å²) in [7, 11) is 0. The van der Waals surface area contributed by atoms with Gasteiger partial charge < -0.3 is 4.74 Å². The zero-order valence-corrected chi connectivity index (χ0v) is 5.68. The first kappa shape index (κ1) is 6.49. The van der Waals surface area contributed by atoms with Crippen LogP contribution >= 0.6 is 0 Å². The molecule has 0 aromatic carbocycles. The Hall–Kier alpha value is -0.630. The minimum atomic E-state index is 0.130. The molecule has 0 bridgehead atoms. The van der Waals surface area contributed by atoms with E-state index >= 15 is 0 Å². The number of epoxide rings is 1. The Morgan fingerprint density at radius 1 is 1.67 bits per heavy atom. The number of ether oxygens (including phenoxy) is 1. The smallest absolute Gasteiger partial charge is 0.155 e. The van der Waals surface area contributed by atoms with E-state index in [0.29, 0.717) is 0 Å². The van der Waals surface area contributed by atoms with Crippen molar-refractivity contribution in [2.24, 2.45) is 0 Å². The van der Waals surface area contributed by atoms with Gasteiger partial charge in [0.05, 0.1) is 12.7 Å². The molecule has 0 aromatic heterocycles. The van der Waals surface area contributed by atoms with E-state index in [-0.39, 0.29) is 11.9 Å². The first-order chi connectivity index (χ1) is 4.20. The van der Waals surface area contributed by atoms with Gasteiger partial charge in [0.25, 0.3) is 0 Å². The fourth-order valence-electron chi connectivity index (χ4n) is 0.548. The molecule has 1 fully saturated rings. The summed E-state index contributed by atoms with van der Waals surface area (Å²) >= 11 is 0. The van der Waals surface area contributed by atoms with Crippen LogP contribution in [0.5, 0.6) is 0 Å². The molecular formula is C7H10O2. The first-order valence-corrected chi connectivity index (χ1v) is 3.01. The molecule has 1 heterocycles. The number of allylic oxidation sites excluding steroid dienone is 1. The van der Waals surface area contributed by atoms with Crippen molar-refractivity contribution in [1.29, 1.82) is 0 Å². The van der Waals surface area contributed by atoms with E-state index in [2.05, 4.69) is 0 Å². The molecule has 0 aliphatic carbocycles. The second-order valence-corrected chi connectivity index (χ2v) is 2.28. The average Bonchev–Trinajstić information content (AvgIpc) is 2.50. The zero-order valence-electron chi connectivity index (χ0n) is 5.68. The number of Topliss-reactive ketones (excluding diaryl/α,β-unsaturated/α-hetero) is 1. The maximum atomic E-state index is 10.6. The number of carbonyl (C=O) groups is 1. The topological polar surface area (TPSA) is 29.6 Å². The SMILES string of the molecule is CC(=O)C(C)=CC1CO1. The van der Waals surface area contributed by atoms with Gasteiger partial charge in [-0.15, -0.1) is 0 Å². The second kappa shape index (κ2) is 2.31. The van der Waals surface area contributed by atoms with Crippen molar-refractivity contribution in [2.45, 2.75) is 20.0 Å². The number of hydrogen-bond donors (Lipinski definition) is 0. The minimum absolute atomic E-state index is 0.130. The van der Waals surface area contributed by atoms with Gasteiger partial charge in [0.2, 0.25) is 0 Å². The molecule has 2 nitrogen and oxygen atoms in total. The standard InChI is InChI=1S/C7H10O2/c1-5(6(2)8)3-7-4-9-7/h3,7H,4H2,1-2H3. The number of hydrogen-bond acceptors (Lipinski definition) is 2. The van der Waals surface area contributed by atoms with E-state index in [9.17, 15) is 4.79 Å². The Kier molecular flexibility index (Phi) is 1.67. The predicted octanol–water partition coefficient (Wildman–Crippen LogP) is 0.920. The summed E-state index contributed by atoms with van der Waals surface area (Å²) in [5, 5.41) is 0. The Labute approximate surface area is 54.5 Å². The van der Waals surface area contributed by atoms with Crippen LogP contribution in [0.3, 0.4) is 0 Å². The van der Waals surface area contributed by atoms with Gasteiger partial charge in [-0.2, -0.15) is 0 Å². The Morgan fingerprint density at radius 3 is 2.56 bits per heavy atom. The van der Waals surface area contributed by atoms with Crippen molar-refractivity contribution >= 4 is 5.78 Å². The summed E-state index contributed by atoms with van der Waals surface area (Å²) in [6.07, 6.45) is 2.09. The second-order valence-electron chi connectivity index (χ2n) is 2.28. The summed E-state index contributed by atoms with van der Waals surface area (Å²) < 4.78 is 4.90. The predicted molar refractivity (Wildman–Crippen MR) is 34.2 cm³/mol. The molecule has 1 aliphatic heterocycles. The molecule has 1 unspecified atom stereocenters. The summed E-state index contributed by atoms with van der Waals surface area (Å²) in [5.41, 5.74) is 0.803. The molecule has 0 N–H and O–H groups in total. The summed E-state index contributed by atoms with van der Waals surface area (Å²) in [6.45, 7) is 4.16. The van der Waals surface area contributed by atoms with Crippen molar-refractivity contribution in [3.05, 3.63) is 11.6 Å². The summed E-state index contributed by atoms with van der Waals surface area (Å²) in [4.78, 5) is 10.6. The van der Waals surface area contributed by atoms with Gasteiger partial charge in [0.1, 0.15) is 0 Å². The van der Waals surface area contributed by atoms with E-state index in [4.69, 9.17) is 4.74 Å². The van der Waals surface area contributed by atoms with E-state index in [1.54, 1.807) is 6.92 Å². The van der Waals surface area contributed by atoms with Crippen LogP contribution in [0.15, 0.2) is 11.6 Å². The molecule has 0 amide bonds. The van der Waals surface area contributed by atoms with Crippen LogP contribution in [0.2, 0.25) is 0 Å². The van der Waals surface area contributed by atoms with Gasteiger partial charge in [-0.05, 0) is 25.5 Å². The van der Waals surface area contributed by atoms with Crippen LogP contribution in [-0.4, -0.2) is 18.5 Å². The highest BCUT2D eigenvalue weighted by molar-refractivity contribution is 5.92. The van der Waals surface area contributed by atoms with Gasteiger partial charge in [0.15, 0.2) is 5.78 Å². The fourth-order valence-corrected chi connectivity index (χ4v) is 0.548. The van der Waals surface area contributed by atoms with Crippen LogP contribution < -0.4 is 0 Å². The molecule has 1 saturated heterocycles. The van der Waals surface area contributed by atoms with Crippen molar-refractivity contribution in [3.63, 3.8) is 0 Å². The maximum absolute atomic E-state index is 10.6. The summed E-state index contributed by atoms with van der Waals surface area (Å²) in [6, 6.07) is 0. The molecule has 0 spiro atoms. The van der Waals surface area contributed by atoms with E-state index in [1.165, 1.54) is 0 Å². The van der Waals surface area contributed by atoms with Gasteiger partial charge in [-0.25, -0.2) is 0 Å². The zero-order chi connectivity index (χ0) is 6.85. The van der Waals surface area contributed by atoms with E-state index in [1.807, 2.05) is 13.0 Å². The van der Waals surface area contributed by atoms with Crippen LogP contribution in [0.4, 0.5) is 0 Å². The molecule has 1 atom stereocenters. The molecule has 0 saturated carbocycles. The Balaban J connectivity index is 2.46. The van der Waals surface area contributed by atoms with E-state index < -0.39 is 0 Å². The molecule has 0 aromatic rings. The maximum Gasteiger partial charge on any atom is 0.155 e. The van der Waals surface area contributed by atoms with Crippen molar-refractivity contribution < 1.29 is 9.53 Å². The quantitative estimate of drug-likeness (QED) is 0.406. The third kappa shape index (κ3) is 1.98. The van der Waals surface area contributed by atoms with Crippen LogP contribution in [0, 0.1) is 0 Å². The van der Waals surface area contributed by atoms with Gasteiger partial charge >= 0.3 is 0 Å². The van der Waals surface area contributed by atoms with E-state index in [0.717, 1.165) is 12.2 Å². The Morgan fingerprint density at radius 2 is 2.22 bits per heavy atom. The fraction of sp³-hybridized carbons (Fsp3) is 0.571. The third-order valence-electron chi connectivity index (χ3n) is 1.35. The Bertz CT molecular complexity index is 154. The lowest BCUT2D eigenvalue weighted by atomic mass is 10.2. The van der Waals surface area contributed by atoms with Gasteiger partial charge in [-0.3, -0.25) is 4.79 Å². The van der Waals surface area contributed by atoms with Crippen molar-refractivity contribution in [3.8, 4) is 0 Å².